The van der Waals surface area contributed by atoms with Crippen molar-refractivity contribution in [2.24, 2.45) is 0 Å². The molecule has 2 aromatic rings. The van der Waals surface area contributed by atoms with Gasteiger partial charge in [0.1, 0.15) is 11.5 Å². The molecule has 0 saturated carbocycles. The monoisotopic (exact) mass is 355 g/mol. The maximum absolute atomic E-state index is 12.5. The number of carbonyl (C=O) groups excluding carboxylic acids is 1. The average Bonchev–Trinajstić information content (AvgIpc) is 2.69. The molecule has 1 saturated heterocycles. The van der Waals surface area contributed by atoms with Crippen molar-refractivity contribution in [2.45, 2.75) is 6.04 Å². The van der Waals surface area contributed by atoms with Crippen LogP contribution in [0.15, 0.2) is 48.5 Å². The third-order valence-corrected chi connectivity index (χ3v) is 4.57. The number of anilines is 1. The molecule has 1 heterocycles. The number of amides is 1. The Labute approximate surface area is 154 Å². The Hall–Kier alpha value is -2.57. The smallest absolute Gasteiger partial charge is 0.238 e. The van der Waals surface area contributed by atoms with Crippen molar-refractivity contribution >= 4 is 11.6 Å². The fourth-order valence-corrected chi connectivity index (χ4v) is 3.24. The standard InChI is InChI=1S/C20H25N3O3/c1-25-16-9-7-15(8-10-16)22-20(24)14-23-12-11-21-13-18(23)17-5-3-4-6-19(17)26-2/h3-10,18,21H,11-14H2,1-2H3,(H,22,24). The predicted molar refractivity (Wildman–Crippen MR) is 102 cm³/mol. The van der Waals surface area contributed by atoms with Gasteiger partial charge in [0.25, 0.3) is 0 Å². The van der Waals surface area contributed by atoms with Crippen LogP contribution in [0.25, 0.3) is 0 Å². The van der Waals surface area contributed by atoms with E-state index in [2.05, 4.69) is 21.6 Å². The summed E-state index contributed by atoms with van der Waals surface area (Å²) in [5.74, 6) is 1.58. The van der Waals surface area contributed by atoms with E-state index >= 15 is 0 Å². The molecule has 1 amide bonds. The summed E-state index contributed by atoms with van der Waals surface area (Å²) in [7, 11) is 3.30. The zero-order chi connectivity index (χ0) is 18.4. The van der Waals surface area contributed by atoms with E-state index in [1.807, 2.05) is 42.5 Å². The second kappa shape index (κ2) is 8.69. The number of piperazine rings is 1. The molecular formula is C20H25N3O3. The first-order chi connectivity index (χ1) is 12.7. The number of rotatable bonds is 6. The largest absolute Gasteiger partial charge is 0.497 e. The van der Waals surface area contributed by atoms with Crippen LogP contribution >= 0.6 is 0 Å². The highest BCUT2D eigenvalue weighted by molar-refractivity contribution is 5.92. The van der Waals surface area contributed by atoms with Crippen molar-refractivity contribution in [3.63, 3.8) is 0 Å². The Morgan fingerprint density at radius 1 is 1.15 bits per heavy atom. The van der Waals surface area contributed by atoms with Crippen LogP contribution in [-0.2, 0) is 4.79 Å². The van der Waals surface area contributed by atoms with Gasteiger partial charge in [-0.05, 0) is 30.3 Å². The van der Waals surface area contributed by atoms with Crippen molar-refractivity contribution in [1.29, 1.82) is 0 Å². The average molecular weight is 355 g/mol. The van der Waals surface area contributed by atoms with E-state index in [0.717, 1.165) is 42.4 Å². The van der Waals surface area contributed by atoms with Gasteiger partial charge in [0.05, 0.1) is 26.8 Å². The Morgan fingerprint density at radius 2 is 1.92 bits per heavy atom. The van der Waals surface area contributed by atoms with Crippen LogP contribution in [0.1, 0.15) is 11.6 Å². The van der Waals surface area contributed by atoms with Crippen molar-refractivity contribution < 1.29 is 14.3 Å². The SMILES string of the molecule is COc1ccc(NC(=O)CN2CCNCC2c2ccccc2OC)cc1. The van der Waals surface area contributed by atoms with Crippen molar-refractivity contribution in [1.82, 2.24) is 10.2 Å². The van der Waals surface area contributed by atoms with E-state index in [4.69, 9.17) is 9.47 Å². The molecule has 2 aromatic carbocycles. The Balaban J connectivity index is 1.68. The van der Waals surface area contributed by atoms with E-state index in [1.165, 1.54) is 0 Å². The highest BCUT2D eigenvalue weighted by Gasteiger charge is 2.27. The fourth-order valence-electron chi connectivity index (χ4n) is 3.24. The third-order valence-electron chi connectivity index (χ3n) is 4.57. The lowest BCUT2D eigenvalue weighted by molar-refractivity contribution is -0.118. The quantitative estimate of drug-likeness (QED) is 0.832. The maximum Gasteiger partial charge on any atom is 0.238 e. The Bertz CT molecular complexity index is 733. The second-order valence-electron chi connectivity index (χ2n) is 6.21. The minimum atomic E-state index is -0.0306. The van der Waals surface area contributed by atoms with Gasteiger partial charge in [0.15, 0.2) is 0 Å². The number of para-hydroxylation sites is 1. The Morgan fingerprint density at radius 3 is 2.65 bits per heavy atom. The first-order valence-electron chi connectivity index (χ1n) is 8.73. The van der Waals surface area contributed by atoms with Gasteiger partial charge in [0.2, 0.25) is 5.91 Å². The Kier molecular flexibility index (Phi) is 6.09. The van der Waals surface area contributed by atoms with Crippen LogP contribution < -0.4 is 20.1 Å². The molecule has 1 atom stereocenters. The summed E-state index contributed by atoms with van der Waals surface area (Å²) in [5, 5.41) is 6.36. The lowest BCUT2D eigenvalue weighted by Gasteiger charge is -2.36. The van der Waals surface area contributed by atoms with Crippen LogP contribution in [0, 0.1) is 0 Å². The molecule has 26 heavy (non-hydrogen) atoms. The van der Waals surface area contributed by atoms with Gasteiger partial charge in [-0.2, -0.15) is 0 Å². The van der Waals surface area contributed by atoms with Gasteiger partial charge in [-0.3, -0.25) is 9.69 Å². The van der Waals surface area contributed by atoms with Gasteiger partial charge in [-0.25, -0.2) is 0 Å². The number of nitrogens with one attached hydrogen (secondary N) is 2. The molecule has 1 fully saturated rings. The first-order valence-corrected chi connectivity index (χ1v) is 8.73. The molecule has 3 rings (SSSR count). The first kappa shape index (κ1) is 18.2. The van der Waals surface area contributed by atoms with Crippen LogP contribution in [0.3, 0.4) is 0 Å². The van der Waals surface area contributed by atoms with Crippen LogP contribution in [0.2, 0.25) is 0 Å². The minimum Gasteiger partial charge on any atom is -0.497 e. The van der Waals surface area contributed by atoms with E-state index in [1.54, 1.807) is 14.2 Å². The second-order valence-corrected chi connectivity index (χ2v) is 6.21. The number of benzene rings is 2. The molecule has 1 aliphatic heterocycles. The van der Waals surface area contributed by atoms with E-state index in [0.29, 0.717) is 6.54 Å². The summed E-state index contributed by atoms with van der Waals surface area (Å²) in [5.41, 5.74) is 1.86. The summed E-state index contributed by atoms with van der Waals surface area (Å²) in [6, 6.07) is 15.4. The number of nitrogens with zero attached hydrogens (tertiary/aromatic N) is 1. The molecule has 0 spiro atoms. The van der Waals surface area contributed by atoms with E-state index < -0.39 is 0 Å². The highest BCUT2D eigenvalue weighted by Crippen LogP contribution is 2.30. The van der Waals surface area contributed by atoms with Crippen LogP contribution in [0.4, 0.5) is 5.69 Å². The number of hydrogen-bond donors (Lipinski definition) is 2. The van der Waals surface area contributed by atoms with Gasteiger partial charge < -0.3 is 20.1 Å². The molecular weight excluding hydrogens is 330 g/mol. The number of carbonyl (C=O) groups is 1. The number of ether oxygens (including phenoxy) is 2. The maximum atomic E-state index is 12.5. The lowest BCUT2D eigenvalue weighted by atomic mass is 10.0. The molecule has 1 unspecified atom stereocenters. The van der Waals surface area contributed by atoms with Crippen LogP contribution in [0.5, 0.6) is 11.5 Å². The molecule has 2 N–H and O–H groups in total. The van der Waals surface area contributed by atoms with Gasteiger partial charge in [-0.1, -0.05) is 18.2 Å². The topological polar surface area (TPSA) is 62.8 Å². The highest BCUT2D eigenvalue weighted by atomic mass is 16.5. The minimum absolute atomic E-state index is 0.0306. The third kappa shape index (κ3) is 4.33. The van der Waals surface area contributed by atoms with Crippen molar-refractivity contribution in [3.05, 3.63) is 54.1 Å². The summed E-state index contributed by atoms with van der Waals surface area (Å²) in [6.07, 6.45) is 0. The molecule has 6 nitrogen and oxygen atoms in total. The molecule has 6 heteroatoms. The normalized spacial score (nSPS) is 17.5. The molecule has 0 bridgehead atoms. The zero-order valence-corrected chi connectivity index (χ0v) is 15.2. The lowest BCUT2D eigenvalue weighted by Crippen LogP contribution is -2.48. The summed E-state index contributed by atoms with van der Waals surface area (Å²) >= 11 is 0. The number of methoxy groups -OCH3 is 2. The molecule has 0 radical (unpaired) electrons. The molecule has 1 aliphatic rings. The van der Waals surface area contributed by atoms with Crippen molar-refractivity contribution in [2.75, 3.05) is 45.7 Å². The molecule has 138 valence electrons. The van der Waals surface area contributed by atoms with E-state index in [-0.39, 0.29) is 11.9 Å². The molecule has 0 aromatic heterocycles. The summed E-state index contributed by atoms with van der Waals surface area (Å²) < 4.78 is 10.6. The number of hydrogen-bond acceptors (Lipinski definition) is 5. The van der Waals surface area contributed by atoms with Gasteiger partial charge >= 0.3 is 0 Å². The summed E-state index contributed by atoms with van der Waals surface area (Å²) in [6.45, 7) is 2.78. The van der Waals surface area contributed by atoms with E-state index in [9.17, 15) is 4.79 Å². The van der Waals surface area contributed by atoms with Crippen LogP contribution in [-0.4, -0.2) is 51.2 Å². The fraction of sp³-hybridized carbons (Fsp3) is 0.350. The van der Waals surface area contributed by atoms with Crippen molar-refractivity contribution in [3.8, 4) is 11.5 Å². The van der Waals surface area contributed by atoms with Gasteiger partial charge in [-0.15, -0.1) is 0 Å². The predicted octanol–water partition coefficient (Wildman–Crippen LogP) is 2.29. The summed E-state index contributed by atoms with van der Waals surface area (Å²) in [4.78, 5) is 14.7. The van der Waals surface area contributed by atoms with Gasteiger partial charge in [0, 0.05) is 30.9 Å². The molecule has 0 aliphatic carbocycles. The zero-order valence-electron chi connectivity index (χ0n) is 15.2.